The Hall–Kier alpha value is -1.97. The summed E-state index contributed by atoms with van der Waals surface area (Å²) in [4.78, 5) is 0. The van der Waals surface area contributed by atoms with Crippen LogP contribution in [0.3, 0.4) is 0 Å². The summed E-state index contributed by atoms with van der Waals surface area (Å²) >= 11 is 0. The lowest BCUT2D eigenvalue weighted by Crippen LogP contribution is -2.34. The molecule has 0 bridgehead atoms. The number of rotatable bonds is 3. The Morgan fingerprint density at radius 2 is 1.70 bits per heavy atom. The van der Waals surface area contributed by atoms with Crippen LogP contribution in [0.15, 0.2) is 42.5 Å². The number of nitrogens with one attached hydrogen (secondary N) is 1. The minimum atomic E-state index is -0.851. The zero-order valence-electron chi connectivity index (χ0n) is 10.7. The molecule has 0 aliphatic heterocycles. The van der Waals surface area contributed by atoms with Gasteiger partial charge < -0.3 is 5.32 Å². The molecule has 0 radical (unpaired) electrons. The second-order valence-corrected chi connectivity index (χ2v) is 5.17. The Labute approximate surface area is 115 Å². The minimum absolute atomic E-state index is 0.0968. The molecular weight excluding hydrogens is 263 g/mol. The largest absolute Gasteiger partial charge is 0.380 e. The Morgan fingerprint density at radius 3 is 2.45 bits per heavy atom. The summed E-state index contributed by atoms with van der Waals surface area (Å²) in [6, 6.07) is 10.7. The van der Waals surface area contributed by atoms with Gasteiger partial charge in [0.25, 0.3) is 0 Å². The second kappa shape index (κ2) is 5.19. The first kappa shape index (κ1) is 13.0. The van der Waals surface area contributed by atoms with Gasteiger partial charge in [0, 0.05) is 6.04 Å². The maximum absolute atomic E-state index is 13.5. The highest BCUT2D eigenvalue weighted by Crippen LogP contribution is 2.39. The van der Waals surface area contributed by atoms with Crippen molar-refractivity contribution in [1.82, 2.24) is 0 Å². The first-order valence-electron chi connectivity index (χ1n) is 6.59. The van der Waals surface area contributed by atoms with Crippen molar-refractivity contribution in [2.24, 2.45) is 0 Å². The van der Waals surface area contributed by atoms with Crippen molar-refractivity contribution in [3.63, 3.8) is 0 Å². The highest BCUT2D eigenvalue weighted by Gasteiger charge is 2.31. The molecule has 1 N–H and O–H groups in total. The fraction of sp³-hybridized carbons (Fsp3) is 0.250. The van der Waals surface area contributed by atoms with E-state index in [1.807, 2.05) is 6.07 Å². The van der Waals surface area contributed by atoms with E-state index in [9.17, 15) is 13.2 Å². The molecule has 2 aromatic rings. The molecule has 1 aliphatic rings. The van der Waals surface area contributed by atoms with Crippen molar-refractivity contribution in [3.8, 4) is 0 Å². The molecule has 0 atom stereocenters. The van der Waals surface area contributed by atoms with E-state index in [1.54, 1.807) is 6.07 Å². The van der Waals surface area contributed by atoms with Crippen LogP contribution in [0.1, 0.15) is 24.3 Å². The first-order valence-corrected chi connectivity index (χ1v) is 6.59. The molecule has 0 saturated heterocycles. The van der Waals surface area contributed by atoms with E-state index in [-0.39, 0.29) is 23.5 Å². The number of hydrogen-bond acceptors (Lipinski definition) is 1. The van der Waals surface area contributed by atoms with Gasteiger partial charge in [-0.05, 0) is 48.6 Å². The zero-order valence-corrected chi connectivity index (χ0v) is 10.7. The summed E-state index contributed by atoms with van der Waals surface area (Å²) in [6.45, 7) is 0. The minimum Gasteiger partial charge on any atom is -0.380 e. The molecule has 20 heavy (non-hydrogen) atoms. The molecule has 1 fully saturated rings. The van der Waals surface area contributed by atoms with Crippen LogP contribution in [0.5, 0.6) is 0 Å². The van der Waals surface area contributed by atoms with Gasteiger partial charge in [0.2, 0.25) is 0 Å². The smallest absolute Gasteiger partial charge is 0.181 e. The summed E-state index contributed by atoms with van der Waals surface area (Å²) in [5.41, 5.74) is 1.15. The number of benzene rings is 2. The van der Waals surface area contributed by atoms with Gasteiger partial charge in [-0.1, -0.05) is 18.2 Å². The van der Waals surface area contributed by atoms with Gasteiger partial charge in [-0.15, -0.1) is 0 Å². The zero-order chi connectivity index (χ0) is 14.1. The third kappa shape index (κ3) is 2.50. The van der Waals surface area contributed by atoms with Crippen molar-refractivity contribution in [3.05, 3.63) is 65.5 Å². The van der Waals surface area contributed by atoms with Crippen molar-refractivity contribution < 1.29 is 13.2 Å². The van der Waals surface area contributed by atoms with Crippen molar-refractivity contribution in [2.75, 3.05) is 5.32 Å². The van der Waals surface area contributed by atoms with Crippen LogP contribution in [0.2, 0.25) is 0 Å². The van der Waals surface area contributed by atoms with E-state index in [0.29, 0.717) is 0 Å². The predicted molar refractivity (Wildman–Crippen MR) is 72.1 cm³/mol. The van der Waals surface area contributed by atoms with Gasteiger partial charge >= 0.3 is 0 Å². The summed E-state index contributed by atoms with van der Waals surface area (Å²) in [6.07, 6.45) is 1.58. The lowest BCUT2D eigenvalue weighted by atomic mass is 9.76. The molecule has 0 heterocycles. The van der Waals surface area contributed by atoms with Gasteiger partial charge in [0.1, 0.15) is 5.82 Å². The molecule has 0 spiro atoms. The highest BCUT2D eigenvalue weighted by molar-refractivity contribution is 5.46. The maximum Gasteiger partial charge on any atom is 0.181 e. The summed E-state index contributed by atoms with van der Waals surface area (Å²) in [7, 11) is 0. The molecule has 0 aromatic heterocycles. The van der Waals surface area contributed by atoms with E-state index < -0.39 is 11.6 Å². The van der Waals surface area contributed by atoms with Gasteiger partial charge in [-0.3, -0.25) is 0 Å². The third-order valence-electron chi connectivity index (χ3n) is 3.77. The number of anilines is 1. The predicted octanol–water partition coefficient (Wildman–Crippen LogP) is 4.46. The van der Waals surface area contributed by atoms with E-state index >= 15 is 0 Å². The van der Waals surface area contributed by atoms with Crippen LogP contribution in [0.4, 0.5) is 18.9 Å². The van der Waals surface area contributed by atoms with Gasteiger partial charge in [-0.2, -0.15) is 0 Å². The van der Waals surface area contributed by atoms with Crippen LogP contribution in [-0.4, -0.2) is 6.04 Å². The standard InChI is InChI=1S/C16H14F3N/c17-12-4-1-3-10(7-12)11-8-13(9-11)20-15-6-2-5-14(18)16(15)19/h1-7,11,13,20H,8-9H2. The number of halogens is 3. The van der Waals surface area contributed by atoms with Crippen LogP contribution in [0.25, 0.3) is 0 Å². The van der Waals surface area contributed by atoms with Crippen molar-refractivity contribution in [1.29, 1.82) is 0 Å². The Kier molecular flexibility index (Phi) is 3.38. The van der Waals surface area contributed by atoms with E-state index in [0.717, 1.165) is 24.5 Å². The normalized spacial score (nSPS) is 21.4. The first-order chi connectivity index (χ1) is 9.63. The molecule has 4 heteroatoms. The van der Waals surface area contributed by atoms with Crippen LogP contribution >= 0.6 is 0 Å². The molecule has 1 saturated carbocycles. The lowest BCUT2D eigenvalue weighted by Gasteiger charge is -2.37. The van der Waals surface area contributed by atoms with Crippen molar-refractivity contribution in [2.45, 2.75) is 24.8 Å². The van der Waals surface area contributed by atoms with Crippen LogP contribution in [-0.2, 0) is 0 Å². The molecule has 1 nitrogen and oxygen atoms in total. The van der Waals surface area contributed by atoms with Gasteiger partial charge in [0.05, 0.1) is 5.69 Å². The van der Waals surface area contributed by atoms with Gasteiger partial charge in [-0.25, -0.2) is 13.2 Å². The molecule has 3 rings (SSSR count). The topological polar surface area (TPSA) is 12.0 Å². The molecule has 104 valence electrons. The molecular formula is C16H14F3N. The average molecular weight is 277 g/mol. The summed E-state index contributed by atoms with van der Waals surface area (Å²) in [5, 5.41) is 2.99. The third-order valence-corrected chi connectivity index (χ3v) is 3.77. The van der Waals surface area contributed by atoms with Gasteiger partial charge in [0.15, 0.2) is 11.6 Å². The Balaban J connectivity index is 1.62. The fourth-order valence-electron chi connectivity index (χ4n) is 2.60. The second-order valence-electron chi connectivity index (χ2n) is 5.17. The van der Waals surface area contributed by atoms with Crippen LogP contribution in [0, 0.1) is 17.5 Å². The summed E-state index contributed by atoms with van der Waals surface area (Å²) < 4.78 is 39.7. The lowest BCUT2D eigenvalue weighted by molar-refractivity contribution is 0.371. The van der Waals surface area contributed by atoms with Crippen LogP contribution < -0.4 is 5.32 Å². The Morgan fingerprint density at radius 1 is 0.950 bits per heavy atom. The van der Waals surface area contributed by atoms with E-state index in [2.05, 4.69) is 5.32 Å². The molecule has 0 amide bonds. The Bertz CT molecular complexity index is 621. The average Bonchev–Trinajstić information content (AvgIpc) is 2.38. The van der Waals surface area contributed by atoms with Crippen molar-refractivity contribution >= 4 is 5.69 Å². The van der Waals surface area contributed by atoms with E-state index in [4.69, 9.17) is 0 Å². The molecule has 2 aromatic carbocycles. The van der Waals surface area contributed by atoms with E-state index in [1.165, 1.54) is 24.3 Å². The molecule has 0 unspecified atom stereocenters. The summed E-state index contributed by atoms with van der Waals surface area (Å²) in [5.74, 6) is -1.66. The molecule has 1 aliphatic carbocycles. The SMILES string of the molecule is Fc1cccc(C2CC(Nc3cccc(F)c3F)C2)c1. The number of hydrogen-bond donors (Lipinski definition) is 1. The monoisotopic (exact) mass is 277 g/mol. The fourth-order valence-corrected chi connectivity index (χ4v) is 2.60. The quantitative estimate of drug-likeness (QED) is 0.873. The highest BCUT2D eigenvalue weighted by atomic mass is 19.2. The maximum atomic E-state index is 13.5.